The van der Waals surface area contributed by atoms with Gasteiger partial charge in [-0.05, 0) is 17.5 Å². The summed E-state index contributed by atoms with van der Waals surface area (Å²) in [5, 5.41) is 16.7. The Balaban J connectivity index is 1.89. The summed E-state index contributed by atoms with van der Waals surface area (Å²) in [4.78, 5) is 0.661. The van der Waals surface area contributed by atoms with E-state index in [0.717, 1.165) is 0 Å². The van der Waals surface area contributed by atoms with Crippen LogP contribution in [0.2, 0.25) is 0 Å². The minimum Gasteiger partial charge on any atom is -0.472 e. The number of nitrogens with one attached hydrogen (secondary N) is 1. The van der Waals surface area contributed by atoms with Gasteiger partial charge in [0.15, 0.2) is 0 Å². The normalized spacial score (nSPS) is 14.7. The van der Waals surface area contributed by atoms with Crippen molar-refractivity contribution >= 4 is 21.4 Å². The lowest BCUT2D eigenvalue weighted by molar-refractivity contribution is 0.0892. The molecule has 23 heavy (non-hydrogen) atoms. The highest BCUT2D eigenvalue weighted by Crippen LogP contribution is 2.33. The van der Waals surface area contributed by atoms with Crippen LogP contribution in [-0.4, -0.2) is 29.8 Å². The van der Waals surface area contributed by atoms with Crippen molar-refractivity contribution in [3.05, 3.63) is 58.9 Å². The number of furan rings is 1. The average Bonchev–Trinajstić information content (AvgIpc) is 3.25. The quantitative estimate of drug-likeness (QED) is 0.696. The van der Waals surface area contributed by atoms with Crippen molar-refractivity contribution in [2.45, 2.75) is 10.5 Å². The first-order valence-corrected chi connectivity index (χ1v) is 9.05. The molecule has 2 N–H and O–H groups in total. The maximum atomic E-state index is 12.3. The zero-order valence-corrected chi connectivity index (χ0v) is 13.8. The van der Waals surface area contributed by atoms with E-state index in [-0.39, 0.29) is 11.4 Å². The Morgan fingerprint density at radius 2 is 2.30 bits per heavy atom. The summed E-state index contributed by atoms with van der Waals surface area (Å²) in [5.41, 5.74) is -1.02. The molecule has 9 heteroatoms. The summed E-state index contributed by atoms with van der Waals surface area (Å²) in [6.45, 7) is -0.218. The van der Waals surface area contributed by atoms with Gasteiger partial charge in [-0.3, -0.25) is 4.68 Å². The number of hydrogen-bond donors (Lipinski definition) is 2. The van der Waals surface area contributed by atoms with Gasteiger partial charge in [-0.25, -0.2) is 13.1 Å². The van der Waals surface area contributed by atoms with Crippen molar-refractivity contribution in [3.8, 4) is 0 Å². The van der Waals surface area contributed by atoms with Gasteiger partial charge in [0.1, 0.15) is 10.5 Å². The highest BCUT2D eigenvalue weighted by Gasteiger charge is 2.35. The summed E-state index contributed by atoms with van der Waals surface area (Å²) in [6, 6.07) is 5.15. The van der Waals surface area contributed by atoms with E-state index in [0.29, 0.717) is 10.4 Å². The number of sulfonamides is 1. The van der Waals surface area contributed by atoms with E-state index >= 15 is 0 Å². The van der Waals surface area contributed by atoms with Crippen molar-refractivity contribution in [2.24, 2.45) is 7.05 Å². The van der Waals surface area contributed by atoms with Gasteiger partial charge in [-0.2, -0.15) is 5.10 Å². The predicted octanol–water partition coefficient (Wildman–Crippen LogP) is 1.29. The first-order chi connectivity index (χ1) is 10.9. The van der Waals surface area contributed by atoms with Crippen LogP contribution in [0.15, 0.2) is 57.8 Å². The summed E-state index contributed by atoms with van der Waals surface area (Å²) in [6.07, 6.45) is 5.48. The third kappa shape index (κ3) is 3.08. The van der Waals surface area contributed by atoms with E-state index in [1.54, 1.807) is 25.2 Å². The van der Waals surface area contributed by atoms with Crippen LogP contribution in [0.1, 0.15) is 10.4 Å². The molecule has 0 radical (unpaired) electrons. The molecule has 3 heterocycles. The monoisotopic (exact) mass is 353 g/mol. The van der Waals surface area contributed by atoms with Crippen LogP contribution >= 0.6 is 11.3 Å². The molecule has 0 spiro atoms. The molecule has 3 rings (SSSR count). The SMILES string of the molecule is Cn1cc(S(=O)(=O)NC[C@](O)(c2ccoc2)c2cccs2)cn1. The van der Waals surface area contributed by atoms with Gasteiger partial charge in [-0.15, -0.1) is 11.3 Å². The van der Waals surface area contributed by atoms with Gasteiger partial charge in [0.25, 0.3) is 0 Å². The van der Waals surface area contributed by atoms with Crippen LogP contribution in [0.25, 0.3) is 0 Å². The van der Waals surface area contributed by atoms with Crippen LogP contribution < -0.4 is 4.72 Å². The number of thiophene rings is 1. The van der Waals surface area contributed by atoms with Crippen LogP contribution in [-0.2, 0) is 22.7 Å². The van der Waals surface area contributed by atoms with Crippen LogP contribution in [0.4, 0.5) is 0 Å². The van der Waals surface area contributed by atoms with Gasteiger partial charge in [-0.1, -0.05) is 6.07 Å². The summed E-state index contributed by atoms with van der Waals surface area (Å²) in [7, 11) is -2.14. The second kappa shape index (κ2) is 5.93. The van der Waals surface area contributed by atoms with Crippen molar-refractivity contribution in [3.63, 3.8) is 0 Å². The van der Waals surface area contributed by atoms with Crippen LogP contribution in [0, 0.1) is 0 Å². The number of aryl methyl sites for hydroxylation is 1. The molecule has 3 aromatic rings. The van der Waals surface area contributed by atoms with E-state index < -0.39 is 15.6 Å². The van der Waals surface area contributed by atoms with Gasteiger partial charge in [0.2, 0.25) is 10.0 Å². The maximum absolute atomic E-state index is 12.3. The van der Waals surface area contributed by atoms with Crippen LogP contribution in [0.5, 0.6) is 0 Å². The molecular formula is C14H15N3O4S2. The minimum absolute atomic E-state index is 0.0423. The van der Waals surface area contributed by atoms with E-state index in [4.69, 9.17) is 4.42 Å². The molecule has 0 aliphatic rings. The largest absolute Gasteiger partial charge is 0.472 e. The molecule has 0 saturated carbocycles. The second-order valence-corrected chi connectivity index (χ2v) is 7.74. The topological polar surface area (TPSA) is 97.4 Å². The first-order valence-electron chi connectivity index (χ1n) is 6.69. The van der Waals surface area contributed by atoms with Gasteiger partial charge >= 0.3 is 0 Å². The van der Waals surface area contributed by atoms with E-state index in [1.807, 2.05) is 5.38 Å². The average molecular weight is 353 g/mol. The fraction of sp³-hybridized carbons (Fsp3) is 0.214. The van der Waals surface area contributed by atoms with Crippen molar-refractivity contribution in [1.29, 1.82) is 0 Å². The van der Waals surface area contributed by atoms with Gasteiger partial charge < -0.3 is 9.52 Å². The molecule has 0 aliphatic carbocycles. The Morgan fingerprint density at radius 1 is 1.48 bits per heavy atom. The zero-order chi connectivity index (χ0) is 16.5. The van der Waals surface area contributed by atoms with E-state index in [2.05, 4.69) is 9.82 Å². The van der Waals surface area contributed by atoms with Gasteiger partial charge in [0.05, 0.1) is 18.7 Å². The molecule has 1 atom stereocenters. The Bertz CT molecular complexity index is 833. The Labute approximate surface area is 137 Å². The molecular weight excluding hydrogens is 338 g/mol. The molecule has 7 nitrogen and oxygen atoms in total. The zero-order valence-electron chi connectivity index (χ0n) is 12.2. The number of aromatic nitrogens is 2. The fourth-order valence-corrected chi connectivity index (χ4v) is 4.05. The highest BCUT2D eigenvalue weighted by molar-refractivity contribution is 7.89. The van der Waals surface area contributed by atoms with Crippen LogP contribution in [0.3, 0.4) is 0 Å². The summed E-state index contributed by atoms with van der Waals surface area (Å²) < 4.78 is 33.5. The first kappa shape index (κ1) is 15.9. The molecule has 0 fully saturated rings. The molecule has 122 valence electrons. The standard InChI is InChI=1S/C14H15N3O4S2/c1-17-8-12(7-15-17)23(19,20)16-10-14(18,11-4-5-21-9-11)13-3-2-6-22-13/h2-9,16,18H,10H2,1H3/t14-/m0/s1. The lowest BCUT2D eigenvalue weighted by Gasteiger charge is -2.26. The number of hydrogen-bond acceptors (Lipinski definition) is 6. The summed E-state index contributed by atoms with van der Waals surface area (Å²) in [5.74, 6) is 0. The number of rotatable bonds is 6. The predicted molar refractivity (Wildman–Crippen MR) is 84.4 cm³/mol. The molecule has 0 amide bonds. The lowest BCUT2D eigenvalue weighted by atomic mass is 9.95. The Hall–Kier alpha value is -1.94. The molecule has 0 aromatic carbocycles. The molecule has 0 aliphatic heterocycles. The number of aliphatic hydroxyl groups is 1. The van der Waals surface area contributed by atoms with E-state index in [9.17, 15) is 13.5 Å². The minimum atomic E-state index is -3.77. The number of nitrogens with zero attached hydrogens (tertiary/aromatic N) is 2. The third-order valence-electron chi connectivity index (χ3n) is 3.44. The van der Waals surface area contributed by atoms with E-state index in [1.165, 1.54) is 40.9 Å². The van der Waals surface area contributed by atoms with Crippen molar-refractivity contribution < 1.29 is 17.9 Å². The van der Waals surface area contributed by atoms with Crippen molar-refractivity contribution in [2.75, 3.05) is 6.54 Å². The highest BCUT2D eigenvalue weighted by atomic mass is 32.2. The second-order valence-electron chi connectivity index (χ2n) is 5.02. The molecule has 0 saturated heterocycles. The molecule has 0 bridgehead atoms. The Kier molecular flexibility index (Phi) is 4.11. The maximum Gasteiger partial charge on any atom is 0.243 e. The molecule has 3 aromatic heterocycles. The lowest BCUT2D eigenvalue weighted by Crippen LogP contribution is -2.40. The smallest absolute Gasteiger partial charge is 0.243 e. The van der Waals surface area contributed by atoms with Crippen molar-refractivity contribution in [1.82, 2.24) is 14.5 Å². The molecule has 0 unspecified atom stereocenters. The Morgan fingerprint density at radius 3 is 2.87 bits per heavy atom. The summed E-state index contributed by atoms with van der Waals surface area (Å²) >= 11 is 1.34. The third-order valence-corrected chi connectivity index (χ3v) is 5.81. The fourth-order valence-electron chi connectivity index (χ4n) is 2.17. The van der Waals surface area contributed by atoms with Gasteiger partial charge in [0, 0.05) is 30.2 Å².